The number of ketones is 1. The Hall–Kier alpha value is -1.55. The molecule has 0 rings (SSSR count). The van der Waals surface area contributed by atoms with Crippen LogP contribution < -0.4 is 16.0 Å². The number of rotatable bonds is 9. The number of carbonyl (C=O) groups excluding carboxylic acids is 3. The standard InChI is InChI=1S/C11H21N3O6/c1-6(18)7(3-15)13-11(20)9(5-17)14-10(19)8(4-16)12-2/h7-9,12,15-17H,3-5H2,1-2H3,(H,13,20)(H,14,19)/t7?,8?,9-/m1/s1. The van der Waals surface area contributed by atoms with Crippen LogP contribution in [0.15, 0.2) is 0 Å². The summed E-state index contributed by atoms with van der Waals surface area (Å²) in [7, 11) is 1.45. The number of carbonyl (C=O) groups is 3. The van der Waals surface area contributed by atoms with Gasteiger partial charge in [-0.3, -0.25) is 14.4 Å². The second-order valence-corrected chi connectivity index (χ2v) is 4.12. The number of likely N-dealkylation sites (N-methyl/N-ethyl adjacent to an activating group) is 1. The van der Waals surface area contributed by atoms with Crippen molar-refractivity contribution in [3.8, 4) is 0 Å². The maximum absolute atomic E-state index is 11.8. The summed E-state index contributed by atoms with van der Waals surface area (Å²) in [4.78, 5) is 34.5. The number of hydrogen-bond donors (Lipinski definition) is 6. The third kappa shape index (κ3) is 5.61. The molecule has 0 fully saturated rings. The third-order valence-electron chi connectivity index (χ3n) is 2.65. The first-order chi connectivity index (χ1) is 9.40. The molecule has 116 valence electrons. The van der Waals surface area contributed by atoms with E-state index in [0.717, 1.165) is 0 Å². The third-order valence-corrected chi connectivity index (χ3v) is 2.65. The van der Waals surface area contributed by atoms with Crippen molar-refractivity contribution in [1.82, 2.24) is 16.0 Å². The molecule has 0 saturated heterocycles. The minimum atomic E-state index is -1.28. The highest BCUT2D eigenvalue weighted by Gasteiger charge is 2.26. The highest BCUT2D eigenvalue weighted by molar-refractivity contribution is 5.93. The van der Waals surface area contributed by atoms with E-state index in [4.69, 9.17) is 15.3 Å². The van der Waals surface area contributed by atoms with E-state index in [-0.39, 0.29) is 0 Å². The van der Waals surface area contributed by atoms with Crippen LogP contribution in [-0.2, 0) is 14.4 Å². The van der Waals surface area contributed by atoms with Gasteiger partial charge in [0.15, 0.2) is 5.78 Å². The molecule has 0 aromatic carbocycles. The van der Waals surface area contributed by atoms with Crippen LogP contribution >= 0.6 is 0 Å². The molecule has 0 aromatic heterocycles. The van der Waals surface area contributed by atoms with Crippen LogP contribution in [0, 0.1) is 0 Å². The van der Waals surface area contributed by atoms with Crippen LogP contribution in [-0.4, -0.2) is 77.9 Å². The topological polar surface area (TPSA) is 148 Å². The van der Waals surface area contributed by atoms with Gasteiger partial charge < -0.3 is 31.3 Å². The Balaban J connectivity index is 4.63. The van der Waals surface area contributed by atoms with E-state index in [2.05, 4.69) is 16.0 Å². The zero-order chi connectivity index (χ0) is 15.7. The maximum atomic E-state index is 11.8. The summed E-state index contributed by atoms with van der Waals surface area (Å²) in [5.74, 6) is -1.93. The second kappa shape index (κ2) is 9.37. The largest absolute Gasteiger partial charge is 0.394 e. The van der Waals surface area contributed by atoms with Crippen molar-refractivity contribution in [3.63, 3.8) is 0 Å². The molecule has 20 heavy (non-hydrogen) atoms. The zero-order valence-corrected chi connectivity index (χ0v) is 11.4. The summed E-state index contributed by atoms with van der Waals surface area (Å²) in [6.45, 7) is -0.552. The van der Waals surface area contributed by atoms with Crippen LogP contribution in [0.1, 0.15) is 6.92 Å². The first-order valence-corrected chi connectivity index (χ1v) is 6.02. The first-order valence-electron chi connectivity index (χ1n) is 6.02. The SMILES string of the molecule is CNC(CO)C(=O)N[C@H](CO)C(=O)NC(CO)C(C)=O. The van der Waals surface area contributed by atoms with Crippen LogP contribution in [0.5, 0.6) is 0 Å². The Morgan fingerprint density at radius 2 is 1.25 bits per heavy atom. The Labute approximate surface area is 116 Å². The molecule has 3 atom stereocenters. The summed E-state index contributed by atoms with van der Waals surface area (Å²) >= 11 is 0. The lowest BCUT2D eigenvalue weighted by atomic mass is 10.2. The summed E-state index contributed by atoms with van der Waals surface area (Å²) in [5.41, 5.74) is 0. The Bertz CT molecular complexity index is 345. The fourth-order valence-corrected chi connectivity index (χ4v) is 1.32. The molecule has 9 nitrogen and oxygen atoms in total. The molecule has 2 amide bonds. The molecule has 0 aromatic rings. The normalized spacial score (nSPS) is 15.1. The number of amides is 2. The lowest BCUT2D eigenvalue weighted by Gasteiger charge is -2.21. The predicted octanol–water partition coefficient (Wildman–Crippen LogP) is -3.89. The van der Waals surface area contributed by atoms with Gasteiger partial charge in [0.05, 0.1) is 19.8 Å². The van der Waals surface area contributed by atoms with Crippen molar-refractivity contribution >= 4 is 17.6 Å². The van der Waals surface area contributed by atoms with Gasteiger partial charge in [-0.2, -0.15) is 0 Å². The van der Waals surface area contributed by atoms with Gasteiger partial charge in [-0.05, 0) is 14.0 Å². The number of aliphatic hydroxyl groups is 3. The molecule has 0 aliphatic heterocycles. The average molecular weight is 291 g/mol. The Morgan fingerprint density at radius 3 is 1.60 bits per heavy atom. The monoisotopic (exact) mass is 291 g/mol. The van der Waals surface area contributed by atoms with Crippen molar-refractivity contribution in [2.45, 2.75) is 25.0 Å². The molecule has 0 spiro atoms. The number of Topliss-reactive ketones (excluding diaryl/α,β-unsaturated/α-hetero) is 1. The average Bonchev–Trinajstić information content (AvgIpc) is 2.42. The van der Waals surface area contributed by atoms with Gasteiger partial charge in [0.2, 0.25) is 11.8 Å². The summed E-state index contributed by atoms with van der Waals surface area (Å²) in [6.07, 6.45) is 0. The van der Waals surface area contributed by atoms with E-state index in [1.165, 1.54) is 14.0 Å². The number of aliphatic hydroxyl groups excluding tert-OH is 3. The van der Waals surface area contributed by atoms with Crippen molar-refractivity contribution in [3.05, 3.63) is 0 Å². The highest BCUT2D eigenvalue weighted by Crippen LogP contribution is 1.91. The van der Waals surface area contributed by atoms with Gasteiger partial charge in [-0.1, -0.05) is 0 Å². The van der Waals surface area contributed by atoms with Gasteiger partial charge in [0.1, 0.15) is 18.1 Å². The summed E-state index contributed by atoms with van der Waals surface area (Å²) < 4.78 is 0. The molecule has 6 N–H and O–H groups in total. The smallest absolute Gasteiger partial charge is 0.245 e. The van der Waals surface area contributed by atoms with Crippen LogP contribution in [0.2, 0.25) is 0 Å². The van der Waals surface area contributed by atoms with Gasteiger partial charge in [-0.15, -0.1) is 0 Å². The second-order valence-electron chi connectivity index (χ2n) is 4.12. The summed E-state index contributed by atoms with van der Waals surface area (Å²) in [6, 6.07) is -3.29. The molecule has 0 saturated carbocycles. The van der Waals surface area contributed by atoms with Crippen molar-refractivity contribution < 1.29 is 29.7 Å². The number of hydrogen-bond acceptors (Lipinski definition) is 7. The van der Waals surface area contributed by atoms with E-state index < -0.39 is 55.5 Å². The fraction of sp³-hybridized carbons (Fsp3) is 0.727. The van der Waals surface area contributed by atoms with Gasteiger partial charge >= 0.3 is 0 Å². The van der Waals surface area contributed by atoms with E-state index in [9.17, 15) is 14.4 Å². The van der Waals surface area contributed by atoms with Crippen molar-refractivity contribution in [2.75, 3.05) is 26.9 Å². The Kier molecular flexibility index (Phi) is 8.64. The maximum Gasteiger partial charge on any atom is 0.245 e. The Morgan fingerprint density at radius 1 is 0.850 bits per heavy atom. The highest BCUT2D eigenvalue weighted by atomic mass is 16.3. The van der Waals surface area contributed by atoms with Crippen LogP contribution in [0.25, 0.3) is 0 Å². The quantitative estimate of drug-likeness (QED) is 0.254. The number of nitrogens with one attached hydrogen (secondary N) is 3. The van der Waals surface area contributed by atoms with E-state index in [0.29, 0.717) is 0 Å². The minimum absolute atomic E-state index is 0.452. The molecular formula is C11H21N3O6. The zero-order valence-electron chi connectivity index (χ0n) is 11.4. The lowest BCUT2D eigenvalue weighted by molar-refractivity contribution is -0.133. The minimum Gasteiger partial charge on any atom is -0.394 e. The van der Waals surface area contributed by atoms with E-state index in [1.807, 2.05) is 0 Å². The first kappa shape index (κ1) is 18.4. The van der Waals surface area contributed by atoms with E-state index in [1.54, 1.807) is 0 Å². The molecule has 0 aliphatic carbocycles. The van der Waals surface area contributed by atoms with Gasteiger partial charge in [-0.25, -0.2) is 0 Å². The predicted molar refractivity (Wildman–Crippen MR) is 68.6 cm³/mol. The molecule has 0 radical (unpaired) electrons. The molecule has 2 unspecified atom stereocenters. The van der Waals surface area contributed by atoms with Gasteiger partial charge in [0.25, 0.3) is 0 Å². The molecule has 9 heteroatoms. The van der Waals surface area contributed by atoms with Crippen molar-refractivity contribution in [1.29, 1.82) is 0 Å². The van der Waals surface area contributed by atoms with Crippen LogP contribution in [0.3, 0.4) is 0 Å². The molecule has 0 bridgehead atoms. The van der Waals surface area contributed by atoms with Crippen LogP contribution in [0.4, 0.5) is 0 Å². The van der Waals surface area contributed by atoms with E-state index >= 15 is 0 Å². The van der Waals surface area contributed by atoms with Crippen molar-refractivity contribution in [2.24, 2.45) is 0 Å². The molecule has 0 heterocycles. The molecule has 0 aliphatic rings. The fourth-order valence-electron chi connectivity index (χ4n) is 1.32. The lowest BCUT2D eigenvalue weighted by Crippen LogP contribution is -2.57. The molecular weight excluding hydrogens is 270 g/mol. The van der Waals surface area contributed by atoms with Gasteiger partial charge in [0, 0.05) is 0 Å². The summed E-state index contributed by atoms with van der Waals surface area (Å²) in [5, 5.41) is 33.9.